The van der Waals surface area contributed by atoms with Crippen molar-refractivity contribution < 1.29 is 18.0 Å². The van der Waals surface area contributed by atoms with Crippen LogP contribution in [0.4, 0.5) is 13.2 Å². The van der Waals surface area contributed by atoms with Crippen LogP contribution in [0, 0.1) is 17.5 Å². The Hall–Kier alpha value is -2.61. The Morgan fingerprint density at radius 2 is 2.04 bits per heavy atom. The number of aromatic nitrogens is 2. The van der Waals surface area contributed by atoms with E-state index in [0.29, 0.717) is 6.42 Å². The molecular formula is C16H12F3N3OS. The molecular weight excluding hydrogens is 339 g/mol. The number of benzene rings is 1. The van der Waals surface area contributed by atoms with Gasteiger partial charge in [0.1, 0.15) is 5.69 Å². The zero-order chi connectivity index (χ0) is 17.1. The number of carbonyl (C=O) groups is 1. The maximum Gasteiger partial charge on any atom is 0.254 e. The second-order valence-electron chi connectivity index (χ2n) is 4.94. The summed E-state index contributed by atoms with van der Waals surface area (Å²) in [5.41, 5.74) is 1.08. The van der Waals surface area contributed by atoms with Crippen LogP contribution in [-0.4, -0.2) is 22.4 Å². The Morgan fingerprint density at radius 3 is 2.79 bits per heavy atom. The van der Waals surface area contributed by atoms with Gasteiger partial charge >= 0.3 is 0 Å². The van der Waals surface area contributed by atoms with E-state index in [1.54, 1.807) is 6.33 Å². The minimum absolute atomic E-state index is 0.192. The van der Waals surface area contributed by atoms with Crippen LogP contribution >= 0.6 is 11.3 Å². The van der Waals surface area contributed by atoms with Crippen molar-refractivity contribution in [2.24, 2.45) is 0 Å². The number of imidazole rings is 1. The Bertz CT molecular complexity index is 862. The number of H-pyrrole nitrogens is 1. The van der Waals surface area contributed by atoms with Gasteiger partial charge < -0.3 is 10.3 Å². The lowest BCUT2D eigenvalue weighted by Crippen LogP contribution is -2.27. The van der Waals surface area contributed by atoms with E-state index in [1.807, 2.05) is 17.5 Å². The van der Waals surface area contributed by atoms with E-state index in [2.05, 4.69) is 15.3 Å². The molecule has 0 atom stereocenters. The van der Waals surface area contributed by atoms with Gasteiger partial charge in [0, 0.05) is 18.7 Å². The van der Waals surface area contributed by atoms with Crippen molar-refractivity contribution in [2.75, 3.05) is 6.54 Å². The fourth-order valence-electron chi connectivity index (χ4n) is 2.23. The van der Waals surface area contributed by atoms with E-state index < -0.39 is 28.9 Å². The SMILES string of the molecule is O=C(NCCc1[nH]cnc1-c1cccs1)c1ccc(F)c(F)c1F. The number of thiophene rings is 1. The molecule has 1 aromatic carbocycles. The van der Waals surface area contributed by atoms with Crippen LogP contribution in [0.15, 0.2) is 36.0 Å². The first kappa shape index (κ1) is 16.3. The molecule has 4 nitrogen and oxygen atoms in total. The lowest BCUT2D eigenvalue weighted by molar-refractivity contribution is 0.0948. The third kappa shape index (κ3) is 3.18. The predicted molar refractivity (Wildman–Crippen MR) is 84.3 cm³/mol. The highest BCUT2D eigenvalue weighted by Crippen LogP contribution is 2.25. The molecule has 0 spiro atoms. The summed E-state index contributed by atoms with van der Waals surface area (Å²) in [7, 11) is 0. The normalized spacial score (nSPS) is 10.8. The Balaban J connectivity index is 1.65. The topological polar surface area (TPSA) is 57.8 Å². The molecule has 0 bridgehead atoms. The molecule has 8 heteroatoms. The largest absolute Gasteiger partial charge is 0.352 e. The second-order valence-corrected chi connectivity index (χ2v) is 5.88. The van der Waals surface area contributed by atoms with Gasteiger partial charge in [-0.1, -0.05) is 6.07 Å². The molecule has 2 N–H and O–H groups in total. The first-order valence-electron chi connectivity index (χ1n) is 7.05. The zero-order valence-electron chi connectivity index (χ0n) is 12.3. The quantitative estimate of drug-likeness (QED) is 0.691. The Kier molecular flexibility index (Phi) is 4.66. The van der Waals surface area contributed by atoms with Crippen LogP contribution in [0.3, 0.4) is 0 Å². The van der Waals surface area contributed by atoms with Crippen molar-refractivity contribution in [2.45, 2.75) is 6.42 Å². The summed E-state index contributed by atoms with van der Waals surface area (Å²) in [6.07, 6.45) is 1.99. The highest BCUT2D eigenvalue weighted by molar-refractivity contribution is 7.13. The van der Waals surface area contributed by atoms with Gasteiger partial charge in [0.05, 0.1) is 16.8 Å². The maximum absolute atomic E-state index is 13.6. The molecule has 3 rings (SSSR count). The lowest BCUT2D eigenvalue weighted by atomic mass is 10.1. The molecule has 0 radical (unpaired) electrons. The highest BCUT2D eigenvalue weighted by Gasteiger charge is 2.18. The number of carbonyl (C=O) groups excluding carboxylic acids is 1. The van der Waals surface area contributed by atoms with Gasteiger partial charge in [-0.3, -0.25) is 4.79 Å². The molecule has 2 aromatic heterocycles. The summed E-state index contributed by atoms with van der Waals surface area (Å²) < 4.78 is 39.6. The number of hydrogen-bond acceptors (Lipinski definition) is 3. The predicted octanol–water partition coefficient (Wildman–Crippen LogP) is 3.53. The van der Waals surface area contributed by atoms with E-state index in [-0.39, 0.29) is 6.54 Å². The van der Waals surface area contributed by atoms with E-state index in [0.717, 1.165) is 28.4 Å². The number of amides is 1. The summed E-state index contributed by atoms with van der Waals surface area (Å²) in [4.78, 5) is 20.1. The van der Waals surface area contributed by atoms with Crippen molar-refractivity contribution in [3.8, 4) is 10.6 Å². The smallest absolute Gasteiger partial charge is 0.254 e. The van der Waals surface area contributed by atoms with Gasteiger partial charge in [-0.05, 0) is 23.6 Å². The summed E-state index contributed by atoms with van der Waals surface area (Å²) in [5, 5.41) is 4.42. The van der Waals surface area contributed by atoms with E-state index in [4.69, 9.17) is 0 Å². The van der Waals surface area contributed by atoms with E-state index in [1.165, 1.54) is 11.3 Å². The van der Waals surface area contributed by atoms with Crippen molar-refractivity contribution in [3.05, 3.63) is 64.7 Å². The minimum Gasteiger partial charge on any atom is -0.352 e. The molecule has 124 valence electrons. The van der Waals surface area contributed by atoms with Crippen LogP contribution in [0.2, 0.25) is 0 Å². The average molecular weight is 351 g/mol. The van der Waals surface area contributed by atoms with Crippen molar-refractivity contribution in [1.29, 1.82) is 0 Å². The molecule has 0 saturated carbocycles. The number of rotatable bonds is 5. The van der Waals surface area contributed by atoms with Crippen molar-refractivity contribution in [1.82, 2.24) is 15.3 Å². The highest BCUT2D eigenvalue weighted by atomic mass is 32.1. The van der Waals surface area contributed by atoms with Gasteiger partial charge in [0.2, 0.25) is 0 Å². The zero-order valence-corrected chi connectivity index (χ0v) is 13.1. The Morgan fingerprint density at radius 1 is 1.21 bits per heavy atom. The van der Waals surface area contributed by atoms with Gasteiger partial charge in [0.15, 0.2) is 17.5 Å². The molecule has 24 heavy (non-hydrogen) atoms. The maximum atomic E-state index is 13.6. The number of hydrogen-bond donors (Lipinski definition) is 2. The van der Waals surface area contributed by atoms with Crippen LogP contribution in [-0.2, 0) is 6.42 Å². The van der Waals surface area contributed by atoms with Crippen LogP contribution in [0.25, 0.3) is 10.6 Å². The molecule has 0 aliphatic carbocycles. The third-order valence-corrected chi connectivity index (χ3v) is 4.29. The second kappa shape index (κ2) is 6.88. The first-order valence-corrected chi connectivity index (χ1v) is 7.93. The molecule has 0 aliphatic heterocycles. The number of nitrogens with zero attached hydrogens (tertiary/aromatic N) is 1. The summed E-state index contributed by atoms with van der Waals surface area (Å²) >= 11 is 1.54. The molecule has 3 aromatic rings. The standard InChI is InChI=1S/C16H12F3N3OS/c17-10-4-3-9(13(18)14(10)19)16(23)20-6-5-11-15(22-8-21-11)12-2-1-7-24-12/h1-4,7-8H,5-6H2,(H,20,23)(H,21,22). The summed E-state index contributed by atoms with van der Waals surface area (Å²) in [6.45, 7) is 0.192. The van der Waals surface area contributed by atoms with Gasteiger partial charge in [-0.2, -0.15) is 0 Å². The van der Waals surface area contributed by atoms with Crippen LogP contribution in [0.5, 0.6) is 0 Å². The van der Waals surface area contributed by atoms with Gasteiger partial charge in [-0.25, -0.2) is 18.2 Å². The van der Waals surface area contributed by atoms with Crippen molar-refractivity contribution >= 4 is 17.2 Å². The number of halogens is 3. The summed E-state index contributed by atoms with van der Waals surface area (Å²) in [5.74, 6) is -5.28. The fourth-order valence-corrected chi connectivity index (χ4v) is 2.98. The molecule has 1 amide bonds. The van der Waals surface area contributed by atoms with Gasteiger partial charge in [-0.15, -0.1) is 11.3 Å². The first-order chi connectivity index (χ1) is 11.6. The van der Waals surface area contributed by atoms with Crippen LogP contribution < -0.4 is 5.32 Å². The number of nitrogens with one attached hydrogen (secondary N) is 2. The van der Waals surface area contributed by atoms with Crippen LogP contribution in [0.1, 0.15) is 16.1 Å². The third-order valence-electron chi connectivity index (χ3n) is 3.41. The Labute approximate surface area is 139 Å². The fraction of sp³-hybridized carbons (Fsp3) is 0.125. The molecule has 2 heterocycles. The molecule has 0 saturated heterocycles. The summed E-state index contributed by atoms with van der Waals surface area (Å²) in [6, 6.07) is 5.47. The number of aromatic amines is 1. The van der Waals surface area contributed by atoms with E-state index in [9.17, 15) is 18.0 Å². The van der Waals surface area contributed by atoms with E-state index >= 15 is 0 Å². The molecule has 0 aliphatic rings. The lowest BCUT2D eigenvalue weighted by Gasteiger charge is -2.07. The minimum atomic E-state index is -1.66. The van der Waals surface area contributed by atoms with Crippen molar-refractivity contribution in [3.63, 3.8) is 0 Å². The van der Waals surface area contributed by atoms with Gasteiger partial charge in [0.25, 0.3) is 5.91 Å². The average Bonchev–Trinajstić information content (AvgIpc) is 3.23. The monoisotopic (exact) mass is 351 g/mol. The molecule has 0 unspecified atom stereocenters. The molecule has 0 fully saturated rings.